The summed E-state index contributed by atoms with van der Waals surface area (Å²) in [6.07, 6.45) is 6.74. The molecular weight excluding hydrogens is 420 g/mol. The largest absolute Gasteiger partial charge is 0.477 e. The Morgan fingerprint density at radius 2 is 1.84 bits per heavy atom. The fourth-order valence-corrected chi connectivity index (χ4v) is 3.04. The maximum atomic E-state index is 12.9. The van der Waals surface area contributed by atoms with Crippen LogP contribution < -0.4 is 10.1 Å². The van der Waals surface area contributed by atoms with Crippen LogP contribution >= 0.6 is 11.6 Å². The molecular formula is C21H23ClN6O3. The average molecular weight is 443 g/mol. The van der Waals surface area contributed by atoms with Crippen molar-refractivity contribution in [3.63, 3.8) is 0 Å². The minimum absolute atomic E-state index is 0.120. The van der Waals surface area contributed by atoms with Gasteiger partial charge in [0, 0.05) is 62.8 Å². The van der Waals surface area contributed by atoms with Crippen LogP contribution in [0.3, 0.4) is 0 Å². The van der Waals surface area contributed by atoms with Gasteiger partial charge in [-0.25, -0.2) is 19.7 Å². The molecule has 0 saturated carbocycles. The molecule has 1 aliphatic rings. The summed E-state index contributed by atoms with van der Waals surface area (Å²) in [5.41, 5.74) is 1.35. The number of pyridine rings is 1. The van der Waals surface area contributed by atoms with Crippen LogP contribution in [0.25, 0.3) is 0 Å². The lowest BCUT2D eigenvalue weighted by Crippen LogP contribution is -2.51. The standard InChI is InChI=1S/C21H23ClN6O3/c1-3-15(2)5-13-31-17-14-16(4-6-23-17)20(29)27-9-11-28(12-10-27)21(30)26-19-18(22)24-7-8-25-19/h3-4,6-8,14H,1-2,5,9-13H2,(H,25,26,30). The van der Waals surface area contributed by atoms with Gasteiger partial charge in [0.1, 0.15) is 0 Å². The molecule has 1 N–H and O–H groups in total. The monoisotopic (exact) mass is 442 g/mol. The molecule has 1 fully saturated rings. The maximum Gasteiger partial charge on any atom is 0.323 e. The van der Waals surface area contributed by atoms with Crippen molar-refractivity contribution in [2.24, 2.45) is 0 Å². The number of carbonyl (C=O) groups is 2. The van der Waals surface area contributed by atoms with Crippen molar-refractivity contribution >= 4 is 29.4 Å². The van der Waals surface area contributed by atoms with Gasteiger partial charge >= 0.3 is 6.03 Å². The van der Waals surface area contributed by atoms with Crippen LogP contribution in [0.1, 0.15) is 16.8 Å². The van der Waals surface area contributed by atoms with E-state index in [0.717, 1.165) is 5.57 Å². The molecule has 1 aliphatic heterocycles. The van der Waals surface area contributed by atoms with Crippen molar-refractivity contribution in [1.29, 1.82) is 0 Å². The summed E-state index contributed by atoms with van der Waals surface area (Å²) in [6.45, 7) is 9.46. The summed E-state index contributed by atoms with van der Waals surface area (Å²) >= 11 is 5.92. The van der Waals surface area contributed by atoms with Crippen LogP contribution in [0.15, 0.2) is 55.5 Å². The zero-order valence-corrected chi connectivity index (χ0v) is 17.7. The lowest BCUT2D eigenvalue weighted by Gasteiger charge is -2.34. The molecule has 2 aromatic rings. The van der Waals surface area contributed by atoms with Crippen LogP contribution in [0, 0.1) is 0 Å². The molecule has 0 atom stereocenters. The van der Waals surface area contributed by atoms with E-state index in [4.69, 9.17) is 16.3 Å². The number of nitrogens with zero attached hydrogens (tertiary/aromatic N) is 5. The lowest BCUT2D eigenvalue weighted by atomic mass is 10.2. The van der Waals surface area contributed by atoms with Gasteiger partial charge < -0.3 is 14.5 Å². The molecule has 31 heavy (non-hydrogen) atoms. The molecule has 3 rings (SSSR count). The van der Waals surface area contributed by atoms with E-state index in [9.17, 15) is 9.59 Å². The first-order valence-corrected chi connectivity index (χ1v) is 10.1. The number of anilines is 1. The predicted octanol–water partition coefficient (Wildman–Crippen LogP) is 3.03. The molecule has 3 heterocycles. The number of rotatable bonds is 7. The fourth-order valence-electron chi connectivity index (χ4n) is 2.89. The Hall–Kier alpha value is -3.46. The number of urea groups is 1. The zero-order valence-electron chi connectivity index (χ0n) is 17.0. The Bertz CT molecular complexity index is 975. The number of aromatic nitrogens is 3. The van der Waals surface area contributed by atoms with Crippen molar-refractivity contribution < 1.29 is 14.3 Å². The number of nitrogens with one attached hydrogen (secondary N) is 1. The maximum absolute atomic E-state index is 12.9. The number of hydrogen-bond acceptors (Lipinski definition) is 6. The topological polar surface area (TPSA) is 101 Å². The van der Waals surface area contributed by atoms with E-state index in [1.165, 1.54) is 12.4 Å². The van der Waals surface area contributed by atoms with Crippen molar-refractivity contribution in [3.8, 4) is 5.88 Å². The van der Waals surface area contributed by atoms with Crippen molar-refractivity contribution in [1.82, 2.24) is 24.8 Å². The third kappa shape index (κ3) is 6.02. The van der Waals surface area contributed by atoms with Crippen molar-refractivity contribution in [2.75, 3.05) is 38.1 Å². The number of piperazine rings is 1. The first-order valence-electron chi connectivity index (χ1n) is 9.68. The van der Waals surface area contributed by atoms with Crippen LogP contribution in [0.5, 0.6) is 5.88 Å². The molecule has 0 spiro atoms. The van der Waals surface area contributed by atoms with Gasteiger partial charge in [-0.15, -0.1) is 0 Å². The molecule has 0 bridgehead atoms. The molecule has 3 amide bonds. The van der Waals surface area contributed by atoms with Gasteiger partial charge in [0.2, 0.25) is 5.88 Å². The number of carbonyl (C=O) groups excluding carboxylic acids is 2. The van der Waals surface area contributed by atoms with Gasteiger partial charge in [0.25, 0.3) is 5.91 Å². The second kappa shape index (κ2) is 10.5. The van der Waals surface area contributed by atoms with Gasteiger partial charge in [-0.05, 0) is 6.07 Å². The minimum atomic E-state index is -0.338. The zero-order chi connectivity index (χ0) is 22.2. The Balaban J connectivity index is 1.52. The van der Waals surface area contributed by atoms with E-state index < -0.39 is 0 Å². The molecule has 10 heteroatoms. The summed E-state index contributed by atoms with van der Waals surface area (Å²) < 4.78 is 5.60. The number of hydrogen-bond donors (Lipinski definition) is 1. The summed E-state index contributed by atoms with van der Waals surface area (Å²) in [7, 11) is 0. The van der Waals surface area contributed by atoms with Gasteiger partial charge in [0.05, 0.1) is 6.61 Å². The van der Waals surface area contributed by atoms with E-state index in [0.29, 0.717) is 50.7 Å². The second-order valence-electron chi connectivity index (χ2n) is 6.75. The SMILES string of the molecule is C=CC(=C)CCOc1cc(C(=O)N2CCN(C(=O)Nc3nccnc3Cl)CC2)ccn1. The van der Waals surface area contributed by atoms with Crippen molar-refractivity contribution in [2.45, 2.75) is 6.42 Å². The minimum Gasteiger partial charge on any atom is -0.477 e. The van der Waals surface area contributed by atoms with Gasteiger partial charge in [-0.1, -0.05) is 36.4 Å². The Kier molecular flexibility index (Phi) is 7.55. The lowest BCUT2D eigenvalue weighted by molar-refractivity contribution is 0.0671. The molecule has 9 nitrogen and oxygen atoms in total. The highest BCUT2D eigenvalue weighted by Gasteiger charge is 2.25. The smallest absolute Gasteiger partial charge is 0.323 e. The quantitative estimate of drug-likeness (QED) is 0.661. The van der Waals surface area contributed by atoms with E-state index in [1.807, 2.05) is 0 Å². The van der Waals surface area contributed by atoms with E-state index in [1.54, 1.807) is 34.2 Å². The molecule has 2 aromatic heterocycles. The van der Waals surface area contributed by atoms with Gasteiger partial charge in [0.15, 0.2) is 11.0 Å². The number of amides is 3. The van der Waals surface area contributed by atoms with Gasteiger partial charge in [-0.2, -0.15) is 0 Å². The highest BCUT2D eigenvalue weighted by Crippen LogP contribution is 2.17. The molecule has 0 unspecified atom stereocenters. The Morgan fingerprint density at radius 1 is 1.13 bits per heavy atom. The first kappa shape index (κ1) is 22.2. The first-order chi connectivity index (χ1) is 15.0. The average Bonchev–Trinajstić information content (AvgIpc) is 2.80. The predicted molar refractivity (Wildman–Crippen MR) is 117 cm³/mol. The third-order valence-electron chi connectivity index (χ3n) is 4.68. The van der Waals surface area contributed by atoms with Crippen LogP contribution in [-0.2, 0) is 0 Å². The van der Waals surface area contributed by atoms with Crippen molar-refractivity contribution in [3.05, 3.63) is 66.2 Å². The third-order valence-corrected chi connectivity index (χ3v) is 4.95. The van der Waals surface area contributed by atoms with Gasteiger partial charge in [-0.3, -0.25) is 10.1 Å². The number of ether oxygens (including phenoxy) is 1. The summed E-state index contributed by atoms with van der Waals surface area (Å²) in [5, 5.41) is 2.76. The normalized spacial score (nSPS) is 13.5. The molecule has 0 radical (unpaired) electrons. The Labute approximate surface area is 185 Å². The van der Waals surface area contributed by atoms with E-state index in [2.05, 4.69) is 33.4 Å². The summed E-state index contributed by atoms with van der Waals surface area (Å²) in [5.74, 6) is 0.440. The highest BCUT2D eigenvalue weighted by atomic mass is 35.5. The molecule has 0 aliphatic carbocycles. The number of halogens is 1. The number of allylic oxidation sites excluding steroid dienone is 1. The highest BCUT2D eigenvalue weighted by molar-refractivity contribution is 6.32. The van der Waals surface area contributed by atoms with E-state index in [-0.39, 0.29) is 22.9 Å². The van der Waals surface area contributed by atoms with E-state index >= 15 is 0 Å². The Morgan fingerprint density at radius 3 is 2.55 bits per heavy atom. The fraction of sp³-hybridized carbons (Fsp3) is 0.286. The van der Waals surface area contributed by atoms with Crippen LogP contribution in [0.2, 0.25) is 5.15 Å². The summed E-state index contributed by atoms with van der Waals surface area (Å²) in [4.78, 5) is 40.6. The molecule has 0 aromatic carbocycles. The van der Waals surface area contributed by atoms with Crippen LogP contribution in [-0.4, -0.2) is 69.5 Å². The summed E-state index contributed by atoms with van der Waals surface area (Å²) in [6, 6.07) is 2.93. The molecule has 162 valence electrons. The van der Waals surface area contributed by atoms with Crippen LogP contribution in [0.4, 0.5) is 10.6 Å². The molecule has 1 saturated heterocycles. The second-order valence-corrected chi connectivity index (χ2v) is 7.11.